The third-order valence-corrected chi connectivity index (χ3v) is 4.59. The molecule has 120 valence electrons. The molecule has 3 heterocycles. The van der Waals surface area contributed by atoms with E-state index in [9.17, 15) is 9.59 Å². The predicted molar refractivity (Wildman–Crippen MR) is 85.4 cm³/mol. The van der Waals surface area contributed by atoms with Crippen molar-refractivity contribution >= 4 is 28.9 Å². The smallest absolute Gasteiger partial charge is 0.303 e. The van der Waals surface area contributed by atoms with Crippen LogP contribution in [0.2, 0.25) is 0 Å². The van der Waals surface area contributed by atoms with E-state index in [1.54, 1.807) is 11.3 Å². The number of hydrazone groups is 1. The Morgan fingerprint density at radius 2 is 2.22 bits per heavy atom. The molecule has 2 aromatic rings. The Labute approximate surface area is 137 Å². The van der Waals surface area contributed by atoms with E-state index in [1.807, 2.05) is 36.6 Å². The molecule has 0 aromatic carbocycles. The lowest BCUT2D eigenvalue weighted by atomic mass is 10.1. The summed E-state index contributed by atoms with van der Waals surface area (Å²) in [5.74, 6) is 0.156. The average Bonchev–Trinajstić information content (AvgIpc) is 3.23. The molecule has 0 unspecified atom stereocenters. The molecule has 7 heteroatoms. The molecule has 23 heavy (non-hydrogen) atoms. The van der Waals surface area contributed by atoms with Gasteiger partial charge in [0.05, 0.1) is 12.5 Å². The Bertz CT molecular complexity index is 748. The van der Waals surface area contributed by atoms with Gasteiger partial charge in [-0.05, 0) is 30.5 Å². The molecule has 1 aliphatic heterocycles. The fourth-order valence-corrected chi connectivity index (χ4v) is 3.32. The number of furan rings is 1. The second kappa shape index (κ2) is 6.37. The van der Waals surface area contributed by atoms with Crippen molar-refractivity contribution in [3.63, 3.8) is 0 Å². The number of amides is 1. The van der Waals surface area contributed by atoms with Crippen molar-refractivity contribution < 1.29 is 19.1 Å². The minimum atomic E-state index is -0.990. The quantitative estimate of drug-likeness (QED) is 0.911. The van der Waals surface area contributed by atoms with Crippen LogP contribution in [-0.4, -0.2) is 27.7 Å². The van der Waals surface area contributed by atoms with Gasteiger partial charge in [-0.15, -0.1) is 11.3 Å². The van der Waals surface area contributed by atoms with Crippen LogP contribution in [0.3, 0.4) is 0 Å². The molecule has 0 spiro atoms. The number of carbonyl (C=O) groups is 2. The van der Waals surface area contributed by atoms with E-state index in [2.05, 4.69) is 5.10 Å². The van der Waals surface area contributed by atoms with Crippen molar-refractivity contribution in [1.29, 1.82) is 0 Å². The summed E-state index contributed by atoms with van der Waals surface area (Å²) in [7, 11) is 0. The van der Waals surface area contributed by atoms with Crippen LogP contribution in [-0.2, 0) is 9.59 Å². The zero-order valence-electron chi connectivity index (χ0n) is 12.6. The van der Waals surface area contributed by atoms with E-state index < -0.39 is 5.97 Å². The number of carbonyl (C=O) groups excluding carboxylic acids is 1. The van der Waals surface area contributed by atoms with Gasteiger partial charge in [0.25, 0.3) is 0 Å². The number of thiophene rings is 1. The highest BCUT2D eigenvalue weighted by molar-refractivity contribution is 7.10. The maximum atomic E-state index is 12.4. The van der Waals surface area contributed by atoms with Gasteiger partial charge in [0, 0.05) is 17.7 Å². The first-order valence-corrected chi connectivity index (χ1v) is 8.14. The summed E-state index contributed by atoms with van der Waals surface area (Å²) in [6.45, 7) is 1.85. The van der Waals surface area contributed by atoms with Gasteiger partial charge in [-0.3, -0.25) is 9.59 Å². The Hall–Kier alpha value is -2.41. The normalized spacial score (nSPS) is 17.3. The number of aliphatic carboxylic acids is 1. The molecular formula is C16H16N2O4S. The van der Waals surface area contributed by atoms with Crippen LogP contribution in [0, 0.1) is 6.92 Å². The van der Waals surface area contributed by atoms with Crippen LogP contribution < -0.4 is 0 Å². The van der Waals surface area contributed by atoms with Crippen molar-refractivity contribution in [2.75, 3.05) is 0 Å². The van der Waals surface area contributed by atoms with Crippen molar-refractivity contribution in [3.05, 3.63) is 46.0 Å². The predicted octanol–water partition coefficient (Wildman–Crippen LogP) is 3.19. The summed E-state index contributed by atoms with van der Waals surface area (Å²) < 4.78 is 5.60. The lowest BCUT2D eigenvalue weighted by Crippen LogP contribution is -2.26. The van der Waals surface area contributed by atoms with Gasteiger partial charge < -0.3 is 9.52 Å². The number of carboxylic acids is 1. The molecule has 2 aromatic heterocycles. The molecule has 1 atom stereocenters. The Balaban J connectivity index is 1.85. The Kier molecular flexibility index (Phi) is 4.29. The summed E-state index contributed by atoms with van der Waals surface area (Å²) in [6, 6.07) is 7.38. The first kappa shape index (κ1) is 15.5. The second-order valence-corrected chi connectivity index (χ2v) is 6.30. The molecule has 1 aliphatic rings. The molecule has 1 N–H and O–H groups in total. The van der Waals surface area contributed by atoms with E-state index in [0.717, 1.165) is 10.6 Å². The highest BCUT2D eigenvalue weighted by Crippen LogP contribution is 2.35. The molecule has 0 radical (unpaired) electrons. The highest BCUT2D eigenvalue weighted by Gasteiger charge is 2.34. The van der Waals surface area contributed by atoms with E-state index in [1.165, 1.54) is 5.01 Å². The largest absolute Gasteiger partial charge is 0.481 e. The zero-order valence-corrected chi connectivity index (χ0v) is 13.4. The molecule has 6 nitrogen and oxygen atoms in total. The summed E-state index contributed by atoms with van der Waals surface area (Å²) >= 11 is 1.55. The summed E-state index contributed by atoms with van der Waals surface area (Å²) in [5, 5.41) is 16.5. The molecule has 0 fully saturated rings. The van der Waals surface area contributed by atoms with Gasteiger partial charge in [-0.2, -0.15) is 5.10 Å². The third-order valence-electron chi connectivity index (χ3n) is 3.62. The fraction of sp³-hybridized carbons (Fsp3) is 0.312. The third kappa shape index (κ3) is 3.34. The summed E-state index contributed by atoms with van der Waals surface area (Å²) in [4.78, 5) is 24.1. The van der Waals surface area contributed by atoms with Crippen LogP contribution in [0.5, 0.6) is 0 Å². The SMILES string of the molecule is Cc1ccc(C2=NN(C(=O)CCC(=O)O)[C@H](c3cccs3)C2)o1. The van der Waals surface area contributed by atoms with Crippen LogP contribution in [0.25, 0.3) is 0 Å². The first-order valence-electron chi connectivity index (χ1n) is 7.26. The van der Waals surface area contributed by atoms with E-state index in [-0.39, 0.29) is 24.8 Å². The average molecular weight is 332 g/mol. The monoisotopic (exact) mass is 332 g/mol. The minimum absolute atomic E-state index is 0.0643. The van der Waals surface area contributed by atoms with Gasteiger partial charge >= 0.3 is 5.97 Å². The molecule has 0 aliphatic carbocycles. The Morgan fingerprint density at radius 3 is 2.83 bits per heavy atom. The van der Waals surface area contributed by atoms with Gasteiger partial charge in [0.2, 0.25) is 5.91 Å². The molecule has 0 bridgehead atoms. The van der Waals surface area contributed by atoms with Crippen LogP contribution in [0.4, 0.5) is 0 Å². The standard InChI is InChI=1S/C16H16N2O4S/c1-10-4-5-13(22-10)11-9-12(14-3-2-8-23-14)18(17-11)15(19)6-7-16(20)21/h2-5,8,12H,6-7,9H2,1H3,(H,20,21)/t12-/m0/s1. The zero-order chi connectivity index (χ0) is 16.4. The van der Waals surface area contributed by atoms with Gasteiger partial charge in [0.15, 0.2) is 0 Å². The number of aryl methyl sites for hydroxylation is 1. The summed E-state index contributed by atoms with van der Waals surface area (Å²) in [6.07, 6.45) is 0.300. The van der Waals surface area contributed by atoms with Crippen LogP contribution in [0.1, 0.15) is 41.7 Å². The minimum Gasteiger partial charge on any atom is -0.481 e. The van der Waals surface area contributed by atoms with Crippen molar-refractivity contribution in [3.8, 4) is 0 Å². The molecular weight excluding hydrogens is 316 g/mol. The Morgan fingerprint density at radius 1 is 1.39 bits per heavy atom. The first-order chi connectivity index (χ1) is 11.0. The number of carboxylic acid groups (broad SMARTS) is 1. The van der Waals surface area contributed by atoms with Gasteiger partial charge in [-0.25, -0.2) is 5.01 Å². The summed E-state index contributed by atoms with van der Waals surface area (Å²) in [5.41, 5.74) is 0.708. The van der Waals surface area contributed by atoms with Crippen molar-refractivity contribution in [1.82, 2.24) is 5.01 Å². The molecule has 0 saturated heterocycles. The maximum Gasteiger partial charge on any atom is 0.303 e. The van der Waals surface area contributed by atoms with Crippen molar-refractivity contribution in [2.24, 2.45) is 5.10 Å². The lowest BCUT2D eigenvalue weighted by Gasteiger charge is -2.20. The number of nitrogens with zero attached hydrogens (tertiary/aromatic N) is 2. The van der Waals surface area contributed by atoms with Crippen molar-refractivity contribution in [2.45, 2.75) is 32.2 Å². The van der Waals surface area contributed by atoms with E-state index in [0.29, 0.717) is 17.9 Å². The maximum absolute atomic E-state index is 12.4. The number of hydrogen-bond acceptors (Lipinski definition) is 5. The number of rotatable bonds is 5. The lowest BCUT2D eigenvalue weighted by molar-refractivity contribution is -0.141. The van der Waals surface area contributed by atoms with Crippen LogP contribution in [0.15, 0.2) is 39.2 Å². The number of hydrogen-bond donors (Lipinski definition) is 1. The molecule has 0 saturated carbocycles. The fourth-order valence-electron chi connectivity index (χ4n) is 2.51. The molecule has 1 amide bonds. The van der Waals surface area contributed by atoms with E-state index in [4.69, 9.17) is 9.52 Å². The van der Waals surface area contributed by atoms with Gasteiger partial charge in [-0.1, -0.05) is 6.07 Å². The van der Waals surface area contributed by atoms with Crippen LogP contribution >= 0.6 is 11.3 Å². The highest BCUT2D eigenvalue weighted by atomic mass is 32.1. The van der Waals surface area contributed by atoms with Gasteiger partial charge in [0.1, 0.15) is 17.2 Å². The second-order valence-electron chi connectivity index (χ2n) is 5.32. The molecule has 3 rings (SSSR count). The van der Waals surface area contributed by atoms with E-state index >= 15 is 0 Å². The topological polar surface area (TPSA) is 83.1 Å².